The fraction of sp³-hybridized carbons (Fsp3) is 0.500. The number of pyridine rings is 1. The molecule has 5 nitrogen and oxygen atoms in total. The van der Waals surface area contributed by atoms with E-state index in [1.165, 1.54) is 12.8 Å². The lowest BCUT2D eigenvalue weighted by Gasteiger charge is -2.25. The molecule has 3 aliphatic rings. The molecule has 1 saturated carbocycles. The fourth-order valence-electron chi connectivity index (χ4n) is 3.26. The van der Waals surface area contributed by atoms with Crippen LogP contribution in [0.1, 0.15) is 43.1 Å². The van der Waals surface area contributed by atoms with Crippen LogP contribution in [0.3, 0.4) is 0 Å². The first kappa shape index (κ1) is 15.7. The van der Waals surface area contributed by atoms with Crippen molar-refractivity contribution < 1.29 is 4.79 Å². The minimum Gasteiger partial charge on any atom is -0.347 e. The van der Waals surface area contributed by atoms with Crippen LogP contribution in [-0.2, 0) is 4.79 Å². The third-order valence-electron chi connectivity index (χ3n) is 4.64. The lowest BCUT2D eigenvalue weighted by Crippen LogP contribution is -2.34. The molecule has 0 aromatic carbocycles. The van der Waals surface area contributed by atoms with Gasteiger partial charge in [-0.15, -0.1) is 0 Å². The van der Waals surface area contributed by atoms with E-state index >= 15 is 0 Å². The van der Waals surface area contributed by atoms with Crippen molar-refractivity contribution in [2.24, 2.45) is 10.9 Å². The number of amides is 1. The number of hydrogen-bond donors (Lipinski definition) is 1. The van der Waals surface area contributed by atoms with Crippen molar-refractivity contribution in [3.8, 4) is 0 Å². The van der Waals surface area contributed by atoms with Crippen LogP contribution < -0.4 is 5.32 Å². The maximum absolute atomic E-state index is 12.6. The number of carbonyl (C=O) groups is 1. The van der Waals surface area contributed by atoms with E-state index in [1.54, 1.807) is 11.8 Å². The summed E-state index contributed by atoms with van der Waals surface area (Å²) in [5.41, 5.74) is 3.06. The van der Waals surface area contributed by atoms with E-state index in [2.05, 4.69) is 25.6 Å². The number of aryl methyl sites for hydroxylation is 1. The molecule has 1 aromatic heterocycles. The Morgan fingerprint density at radius 1 is 1.46 bits per heavy atom. The topological polar surface area (TPSA) is 57.6 Å². The first-order valence-corrected chi connectivity index (χ1v) is 9.49. The molecule has 3 heterocycles. The molecule has 24 heavy (non-hydrogen) atoms. The number of fused-ring (bicyclic) bond motifs is 1. The van der Waals surface area contributed by atoms with Gasteiger partial charge in [-0.1, -0.05) is 17.8 Å². The summed E-state index contributed by atoms with van der Waals surface area (Å²) < 4.78 is 0. The molecule has 1 atom stereocenters. The van der Waals surface area contributed by atoms with Crippen LogP contribution in [-0.4, -0.2) is 34.0 Å². The maximum Gasteiger partial charge on any atom is 0.226 e. The normalized spacial score (nSPS) is 21.0. The lowest BCUT2D eigenvalue weighted by atomic mass is 10.1. The van der Waals surface area contributed by atoms with Gasteiger partial charge < -0.3 is 10.2 Å². The Labute approximate surface area is 146 Å². The first-order chi connectivity index (χ1) is 11.7. The Kier molecular flexibility index (Phi) is 4.31. The molecule has 126 valence electrons. The highest BCUT2D eigenvalue weighted by molar-refractivity contribution is 8.16. The largest absolute Gasteiger partial charge is 0.347 e. The predicted molar refractivity (Wildman–Crippen MR) is 96.5 cm³/mol. The van der Waals surface area contributed by atoms with E-state index in [-0.39, 0.29) is 11.9 Å². The average molecular weight is 342 g/mol. The molecule has 0 saturated heterocycles. The minimum atomic E-state index is 0.0431. The number of amidine groups is 1. The van der Waals surface area contributed by atoms with Crippen molar-refractivity contribution in [3.63, 3.8) is 0 Å². The van der Waals surface area contributed by atoms with E-state index < -0.39 is 0 Å². The lowest BCUT2D eigenvalue weighted by molar-refractivity contribution is -0.121. The summed E-state index contributed by atoms with van der Waals surface area (Å²) in [4.78, 5) is 23.9. The van der Waals surface area contributed by atoms with Gasteiger partial charge in [0.25, 0.3) is 0 Å². The molecule has 0 radical (unpaired) electrons. The summed E-state index contributed by atoms with van der Waals surface area (Å²) in [7, 11) is 0. The number of thioether (sulfide) groups is 1. The van der Waals surface area contributed by atoms with Crippen molar-refractivity contribution in [3.05, 3.63) is 40.7 Å². The van der Waals surface area contributed by atoms with E-state index in [1.807, 2.05) is 25.1 Å². The molecule has 4 rings (SSSR count). The Bertz CT molecular complexity index is 711. The van der Waals surface area contributed by atoms with Gasteiger partial charge in [-0.2, -0.15) is 0 Å². The van der Waals surface area contributed by atoms with Gasteiger partial charge in [0.2, 0.25) is 5.91 Å². The number of aliphatic imine (C=N–C) groups is 1. The molecule has 1 fully saturated rings. The Morgan fingerprint density at radius 2 is 2.33 bits per heavy atom. The molecule has 6 heteroatoms. The summed E-state index contributed by atoms with van der Waals surface area (Å²) in [6, 6.07) is 6.08. The zero-order chi connectivity index (χ0) is 16.5. The number of nitrogens with zero attached hydrogens (tertiary/aromatic N) is 3. The summed E-state index contributed by atoms with van der Waals surface area (Å²) >= 11 is 1.63. The number of aromatic nitrogens is 1. The van der Waals surface area contributed by atoms with E-state index in [9.17, 15) is 4.79 Å². The van der Waals surface area contributed by atoms with Crippen LogP contribution in [0.15, 0.2) is 34.3 Å². The van der Waals surface area contributed by atoms with Crippen molar-refractivity contribution in [2.75, 3.05) is 13.1 Å². The number of carbonyl (C=O) groups excluding carboxylic acids is 1. The highest BCUT2D eigenvalue weighted by Gasteiger charge is 2.35. The molecule has 0 unspecified atom stereocenters. The third-order valence-corrected chi connectivity index (χ3v) is 5.60. The molecular weight excluding hydrogens is 320 g/mol. The fourth-order valence-corrected chi connectivity index (χ4v) is 4.22. The second kappa shape index (κ2) is 6.59. The molecule has 1 N–H and O–H groups in total. The average Bonchev–Trinajstić information content (AvgIpc) is 3.35. The maximum atomic E-state index is 12.6. The Morgan fingerprint density at radius 3 is 3.12 bits per heavy atom. The molecular formula is C18H22N4OS. The second-order valence-corrected chi connectivity index (χ2v) is 7.50. The molecule has 1 aliphatic carbocycles. The van der Waals surface area contributed by atoms with Crippen LogP contribution in [0.25, 0.3) is 0 Å². The van der Waals surface area contributed by atoms with Crippen molar-refractivity contribution in [1.82, 2.24) is 15.2 Å². The predicted octanol–water partition coefficient (Wildman–Crippen LogP) is 3.00. The number of hydrogen-bond acceptors (Lipinski definition) is 5. The Balaban J connectivity index is 1.43. The van der Waals surface area contributed by atoms with Crippen LogP contribution in [0.5, 0.6) is 0 Å². The number of rotatable bonds is 5. The van der Waals surface area contributed by atoms with Crippen molar-refractivity contribution >= 4 is 22.8 Å². The van der Waals surface area contributed by atoms with Crippen LogP contribution in [0, 0.1) is 12.8 Å². The van der Waals surface area contributed by atoms with Crippen LogP contribution in [0.4, 0.5) is 0 Å². The number of nitrogens with one attached hydrogen (secondary N) is 1. The molecule has 0 bridgehead atoms. The smallest absolute Gasteiger partial charge is 0.226 e. The first-order valence-electron chi connectivity index (χ1n) is 8.61. The van der Waals surface area contributed by atoms with E-state index in [0.29, 0.717) is 12.3 Å². The van der Waals surface area contributed by atoms with E-state index in [0.717, 1.165) is 41.8 Å². The minimum absolute atomic E-state index is 0.0431. The summed E-state index contributed by atoms with van der Waals surface area (Å²) in [5, 5.41) is 6.34. The highest BCUT2D eigenvalue weighted by atomic mass is 32.2. The zero-order valence-corrected chi connectivity index (χ0v) is 14.7. The third kappa shape index (κ3) is 3.34. The molecule has 2 aliphatic heterocycles. The zero-order valence-electron chi connectivity index (χ0n) is 13.9. The van der Waals surface area contributed by atoms with Gasteiger partial charge >= 0.3 is 0 Å². The standard InChI is InChI=1S/C18H22N4OS/c1-12-4-2-5-15(20-12)17(13-6-7-13)21-16(23)10-14-11-24-18-19-8-3-9-22(14)18/h2,4-5,11,13,17H,3,6-10H2,1H3,(H,21,23)/t17-/m1/s1. The van der Waals surface area contributed by atoms with E-state index in [4.69, 9.17) is 0 Å². The van der Waals surface area contributed by atoms with Gasteiger partial charge in [-0.3, -0.25) is 14.8 Å². The van der Waals surface area contributed by atoms with Gasteiger partial charge in [0, 0.05) is 24.5 Å². The Hall–Kier alpha value is -1.82. The molecule has 1 aromatic rings. The van der Waals surface area contributed by atoms with Crippen LogP contribution >= 0.6 is 11.8 Å². The van der Waals surface area contributed by atoms with Gasteiger partial charge in [-0.25, -0.2) is 0 Å². The summed E-state index contributed by atoms with van der Waals surface area (Å²) in [6.45, 7) is 3.86. The van der Waals surface area contributed by atoms with Gasteiger partial charge in [-0.05, 0) is 49.6 Å². The molecule has 1 amide bonds. The highest BCUT2D eigenvalue weighted by Crippen LogP contribution is 2.40. The SMILES string of the molecule is Cc1cccc([C@H](NC(=O)CC2=CSC3=NCCCN23)C2CC2)n1. The van der Waals surface area contributed by atoms with Crippen molar-refractivity contribution in [1.29, 1.82) is 0 Å². The van der Waals surface area contributed by atoms with Gasteiger partial charge in [0.05, 0.1) is 18.2 Å². The van der Waals surface area contributed by atoms with Crippen molar-refractivity contribution in [2.45, 2.75) is 38.6 Å². The summed E-state index contributed by atoms with van der Waals surface area (Å²) in [5.74, 6) is 0.608. The molecule has 0 spiro atoms. The van der Waals surface area contributed by atoms with Gasteiger partial charge in [0.1, 0.15) is 0 Å². The second-order valence-electron chi connectivity index (χ2n) is 6.66. The summed E-state index contributed by atoms with van der Waals surface area (Å²) in [6.07, 6.45) is 3.81. The monoisotopic (exact) mass is 342 g/mol. The van der Waals surface area contributed by atoms with Crippen LogP contribution in [0.2, 0.25) is 0 Å². The quantitative estimate of drug-likeness (QED) is 0.894. The van der Waals surface area contributed by atoms with Gasteiger partial charge in [0.15, 0.2) is 5.17 Å².